The fourth-order valence-electron chi connectivity index (χ4n) is 2.96. The Balaban J connectivity index is 1.48. The Labute approximate surface area is 148 Å². The molecule has 0 aliphatic carbocycles. The van der Waals surface area contributed by atoms with Gasteiger partial charge in [0.05, 0.1) is 18.9 Å². The minimum atomic E-state index is 0.863. The van der Waals surface area contributed by atoms with E-state index in [-0.39, 0.29) is 0 Å². The number of ether oxygens (including phenoxy) is 1. The summed E-state index contributed by atoms with van der Waals surface area (Å²) in [5, 5.41) is 4.31. The second kappa shape index (κ2) is 8.87. The van der Waals surface area contributed by atoms with Crippen molar-refractivity contribution >= 4 is 34.8 Å². The third-order valence-corrected chi connectivity index (χ3v) is 5.73. The van der Waals surface area contributed by atoms with Crippen LogP contribution in [0.25, 0.3) is 0 Å². The molecule has 0 atom stereocenters. The minimum Gasteiger partial charge on any atom is -0.379 e. The second-order valence-corrected chi connectivity index (χ2v) is 7.38. The second-order valence-electron chi connectivity index (χ2n) is 5.86. The summed E-state index contributed by atoms with van der Waals surface area (Å²) >= 11 is 7.58. The number of rotatable bonds is 4. The molecule has 2 aliphatic heterocycles. The molecule has 0 saturated carbocycles. The Bertz CT molecular complexity index is 520. The van der Waals surface area contributed by atoms with Gasteiger partial charge in [0.2, 0.25) is 0 Å². The van der Waals surface area contributed by atoms with Crippen molar-refractivity contribution in [1.82, 2.24) is 10.2 Å². The van der Waals surface area contributed by atoms with Crippen molar-refractivity contribution < 1.29 is 4.74 Å². The van der Waals surface area contributed by atoms with Gasteiger partial charge in [-0.3, -0.25) is 4.90 Å². The number of nitrogens with one attached hydrogen (secondary N) is 1. The van der Waals surface area contributed by atoms with Crippen LogP contribution in [0.4, 0.5) is 5.69 Å². The third-order valence-electron chi connectivity index (χ3n) is 4.22. The number of anilines is 1. The molecule has 0 amide bonds. The highest BCUT2D eigenvalue weighted by Gasteiger charge is 2.18. The maximum Gasteiger partial charge on any atom is 0.173 e. The van der Waals surface area contributed by atoms with Crippen molar-refractivity contribution in [1.29, 1.82) is 0 Å². The van der Waals surface area contributed by atoms with Gasteiger partial charge in [0.1, 0.15) is 0 Å². The van der Waals surface area contributed by atoms with Gasteiger partial charge in [-0.25, -0.2) is 0 Å². The predicted octanol–water partition coefficient (Wildman–Crippen LogP) is 2.59. The first-order chi connectivity index (χ1) is 11.3. The number of hydrogen-bond acceptors (Lipinski definition) is 4. The number of nitrogens with zero attached hydrogens (tertiary/aromatic N) is 2. The molecular weight excluding hydrogens is 326 g/mol. The SMILES string of the molecule is S=C(NCCCN1CCOCC1)N1CCCSc2ccccc21. The lowest BCUT2D eigenvalue weighted by atomic mass is 10.3. The Kier molecular flexibility index (Phi) is 6.56. The monoisotopic (exact) mass is 351 g/mol. The molecule has 0 unspecified atom stereocenters. The van der Waals surface area contributed by atoms with Gasteiger partial charge < -0.3 is 15.0 Å². The highest BCUT2D eigenvalue weighted by Crippen LogP contribution is 2.33. The van der Waals surface area contributed by atoms with Gasteiger partial charge in [0.25, 0.3) is 0 Å². The summed E-state index contributed by atoms with van der Waals surface area (Å²) in [6.45, 7) is 6.90. The maximum absolute atomic E-state index is 5.65. The van der Waals surface area contributed by atoms with E-state index in [9.17, 15) is 0 Å². The molecule has 1 aromatic carbocycles. The van der Waals surface area contributed by atoms with E-state index in [0.29, 0.717) is 0 Å². The zero-order valence-corrected chi connectivity index (χ0v) is 15.1. The van der Waals surface area contributed by atoms with E-state index < -0.39 is 0 Å². The Morgan fingerprint density at radius 1 is 1.22 bits per heavy atom. The summed E-state index contributed by atoms with van der Waals surface area (Å²) < 4.78 is 5.38. The van der Waals surface area contributed by atoms with Crippen LogP contribution in [0.1, 0.15) is 12.8 Å². The summed E-state index contributed by atoms with van der Waals surface area (Å²) in [4.78, 5) is 6.06. The van der Waals surface area contributed by atoms with Crippen molar-refractivity contribution in [3.05, 3.63) is 24.3 Å². The van der Waals surface area contributed by atoms with E-state index in [1.54, 1.807) is 0 Å². The first-order valence-electron chi connectivity index (χ1n) is 8.42. The van der Waals surface area contributed by atoms with Crippen molar-refractivity contribution in [3.8, 4) is 0 Å². The average Bonchev–Trinajstić information content (AvgIpc) is 2.82. The van der Waals surface area contributed by atoms with Crippen molar-refractivity contribution in [3.63, 3.8) is 0 Å². The molecule has 1 saturated heterocycles. The molecule has 4 nitrogen and oxygen atoms in total. The molecule has 1 fully saturated rings. The summed E-state index contributed by atoms with van der Waals surface area (Å²) in [7, 11) is 0. The molecule has 1 aromatic rings. The number of benzene rings is 1. The lowest BCUT2D eigenvalue weighted by Gasteiger charge is -2.28. The number of hydrogen-bond donors (Lipinski definition) is 1. The van der Waals surface area contributed by atoms with Crippen LogP contribution in [0.3, 0.4) is 0 Å². The van der Waals surface area contributed by atoms with Crippen LogP contribution in [0, 0.1) is 0 Å². The van der Waals surface area contributed by atoms with E-state index in [1.807, 2.05) is 11.8 Å². The van der Waals surface area contributed by atoms with Crippen LogP contribution >= 0.6 is 24.0 Å². The maximum atomic E-state index is 5.65. The van der Waals surface area contributed by atoms with Crippen LogP contribution in [-0.2, 0) is 4.74 Å². The first kappa shape index (κ1) is 17.0. The van der Waals surface area contributed by atoms with Crippen LogP contribution in [0.15, 0.2) is 29.2 Å². The Morgan fingerprint density at radius 2 is 2.04 bits per heavy atom. The Hall–Kier alpha value is -0.820. The van der Waals surface area contributed by atoms with Gasteiger partial charge in [-0.15, -0.1) is 11.8 Å². The summed E-state index contributed by atoms with van der Waals surface area (Å²) in [5.74, 6) is 1.16. The summed E-state index contributed by atoms with van der Waals surface area (Å²) in [6.07, 6.45) is 2.28. The van der Waals surface area contributed by atoms with Crippen LogP contribution in [0.5, 0.6) is 0 Å². The number of thioether (sulfide) groups is 1. The number of para-hydroxylation sites is 1. The molecule has 0 spiro atoms. The highest BCUT2D eigenvalue weighted by molar-refractivity contribution is 7.99. The summed E-state index contributed by atoms with van der Waals surface area (Å²) in [6, 6.07) is 8.57. The average molecular weight is 352 g/mol. The van der Waals surface area contributed by atoms with E-state index in [0.717, 1.165) is 69.6 Å². The van der Waals surface area contributed by atoms with E-state index in [2.05, 4.69) is 39.4 Å². The Morgan fingerprint density at radius 3 is 2.91 bits per heavy atom. The molecule has 6 heteroatoms. The molecule has 3 rings (SSSR count). The fourth-order valence-corrected chi connectivity index (χ4v) is 4.24. The normalized spacial score (nSPS) is 19.0. The minimum absolute atomic E-state index is 0.863. The lowest BCUT2D eigenvalue weighted by molar-refractivity contribution is 0.0376. The molecule has 23 heavy (non-hydrogen) atoms. The fraction of sp³-hybridized carbons (Fsp3) is 0.588. The quantitative estimate of drug-likeness (QED) is 0.662. The highest BCUT2D eigenvalue weighted by atomic mass is 32.2. The van der Waals surface area contributed by atoms with Gasteiger partial charge in [-0.05, 0) is 49.5 Å². The third kappa shape index (κ3) is 4.83. The van der Waals surface area contributed by atoms with Crippen LogP contribution in [0.2, 0.25) is 0 Å². The van der Waals surface area contributed by atoms with Gasteiger partial charge >= 0.3 is 0 Å². The number of fused-ring (bicyclic) bond motifs is 1. The van der Waals surface area contributed by atoms with Crippen LogP contribution in [-0.4, -0.2) is 61.7 Å². The summed E-state index contributed by atoms with van der Waals surface area (Å²) in [5.41, 5.74) is 1.25. The molecular formula is C17H25N3OS2. The molecule has 126 valence electrons. The van der Waals surface area contributed by atoms with Gasteiger partial charge in [-0.2, -0.15) is 0 Å². The molecule has 1 N–H and O–H groups in total. The van der Waals surface area contributed by atoms with Crippen molar-refractivity contribution in [2.75, 3.05) is 56.6 Å². The van der Waals surface area contributed by atoms with Gasteiger partial charge in [-0.1, -0.05) is 12.1 Å². The lowest BCUT2D eigenvalue weighted by Crippen LogP contribution is -2.42. The number of morpholine rings is 1. The van der Waals surface area contributed by atoms with E-state index >= 15 is 0 Å². The topological polar surface area (TPSA) is 27.7 Å². The number of thiocarbonyl (C=S) groups is 1. The molecule has 2 aliphatic rings. The zero-order chi connectivity index (χ0) is 15.9. The van der Waals surface area contributed by atoms with Crippen LogP contribution < -0.4 is 10.2 Å². The largest absolute Gasteiger partial charge is 0.379 e. The molecule has 0 bridgehead atoms. The van der Waals surface area contributed by atoms with E-state index in [1.165, 1.54) is 10.6 Å². The van der Waals surface area contributed by atoms with Crippen molar-refractivity contribution in [2.45, 2.75) is 17.7 Å². The molecule has 0 radical (unpaired) electrons. The van der Waals surface area contributed by atoms with E-state index in [4.69, 9.17) is 17.0 Å². The van der Waals surface area contributed by atoms with Gasteiger partial charge in [0, 0.05) is 31.1 Å². The zero-order valence-electron chi connectivity index (χ0n) is 13.5. The van der Waals surface area contributed by atoms with Gasteiger partial charge in [0.15, 0.2) is 5.11 Å². The van der Waals surface area contributed by atoms with Crippen molar-refractivity contribution in [2.24, 2.45) is 0 Å². The smallest absolute Gasteiger partial charge is 0.173 e. The predicted molar refractivity (Wildman–Crippen MR) is 102 cm³/mol. The first-order valence-corrected chi connectivity index (χ1v) is 9.81. The standard InChI is InChI=1S/C17H25N3OS2/c22-17(18-7-3-8-19-10-12-21-13-11-19)20-9-4-14-23-16-6-2-1-5-15(16)20/h1-2,5-6H,3-4,7-14H2,(H,18,22). The molecule has 0 aromatic heterocycles. The molecule has 2 heterocycles.